The highest BCUT2D eigenvalue weighted by Gasteiger charge is 2.14. The standard InChI is InChI=1S/C5H9FO/c1-3-5(2,6)4-7/h3,7H,1,4H2,2H3. The third kappa shape index (κ3) is 2.34. The van der Waals surface area contributed by atoms with Crippen molar-refractivity contribution in [3.8, 4) is 0 Å². The molecule has 1 atom stereocenters. The van der Waals surface area contributed by atoms with E-state index in [1.165, 1.54) is 6.92 Å². The molecule has 0 aromatic rings. The van der Waals surface area contributed by atoms with Crippen LogP contribution >= 0.6 is 0 Å². The molecule has 42 valence electrons. The van der Waals surface area contributed by atoms with E-state index in [-0.39, 0.29) is 0 Å². The van der Waals surface area contributed by atoms with E-state index in [4.69, 9.17) is 5.11 Å². The third-order valence-corrected chi connectivity index (χ3v) is 0.735. The van der Waals surface area contributed by atoms with Gasteiger partial charge in [-0.15, -0.1) is 0 Å². The lowest BCUT2D eigenvalue weighted by Crippen LogP contribution is -2.18. The summed E-state index contributed by atoms with van der Waals surface area (Å²) < 4.78 is 12.2. The molecule has 0 radical (unpaired) electrons. The summed E-state index contributed by atoms with van der Waals surface area (Å²) in [6.07, 6.45) is 1.08. The van der Waals surface area contributed by atoms with Crippen LogP contribution in [0.1, 0.15) is 6.92 Å². The van der Waals surface area contributed by atoms with Gasteiger partial charge in [-0.3, -0.25) is 0 Å². The summed E-state index contributed by atoms with van der Waals surface area (Å²) in [6.45, 7) is 3.94. The lowest BCUT2D eigenvalue weighted by Gasteiger charge is -2.08. The van der Waals surface area contributed by atoms with Crippen molar-refractivity contribution in [3.63, 3.8) is 0 Å². The Balaban J connectivity index is 3.58. The van der Waals surface area contributed by atoms with Gasteiger partial charge in [-0.25, -0.2) is 4.39 Å². The van der Waals surface area contributed by atoms with E-state index >= 15 is 0 Å². The lowest BCUT2D eigenvalue weighted by atomic mass is 10.1. The molecule has 2 heteroatoms. The number of rotatable bonds is 2. The second-order valence-corrected chi connectivity index (χ2v) is 1.64. The molecule has 0 aliphatic heterocycles. The molecule has 0 saturated carbocycles. The molecule has 0 rings (SSSR count). The highest BCUT2D eigenvalue weighted by atomic mass is 19.1. The second kappa shape index (κ2) is 2.07. The predicted molar refractivity (Wildman–Crippen MR) is 26.8 cm³/mol. The summed E-state index contributed by atoms with van der Waals surface area (Å²) in [5.41, 5.74) is -1.60. The Kier molecular flexibility index (Phi) is 1.96. The molecule has 0 spiro atoms. The maximum absolute atomic E-state index is 12.2. The van der Waals surface area contributed by atoms with Crippen LogP contribution in [0.3, 0.4) is 0 Å². The zero-order valence-electron chi connectivity index (χ0n) is 4.32. The zero-order chi connectivity index (χ0) is 5.91. The summed E-state index contributed by atoms with van der Waals surface area (Å²) in [5, 5.41) is 8.15. The highest BCUT2D eigenvalue weighted by molar-refractivity contribution is 4.91. The Morgan fingerprint density at radius 1 is 2.00 bits per heavy atom. The van der Waals surface area contributed by atoms with Crippen LogP contribution in [0.5, 0.6) is 0 Å². The molecule has 0 aliphatic rings. The predicted octanol–water partition coefficient (Wildman–Crippen LogP) is 0.893. The molecule has 1 N–H and O–H groups in total. The van der Waals surface area contributed by atoms with Crippen molar-refractivity contribution >= 4 is 0 Å². The quantitative estimate of drug-likeness (QED) is 0.516. The van der Waals surface area contributed by atoms with Crippen molar-refractivity contribution in [2.45, 2.75) is 12.6 Å². The monoisotopic (exact) mass is 104 g/mol. The maximum atomic E-state index is 12.2. The first-order valence-electron chi connectivity index (χ1n) is 2.06. The molecular formula is C5H9FO. The molecule has 0 aromatic heterocycles. The first-order chi connectivity index (χ1) is 3.12. The Morgan fingerprint density at radius 2 is 2.43 bits per heavy atom. The maximum Gasteiger partial charge on any atom is 0.149 e. The van der Waals surface area contributed by atoms with Gasteiger partial charge in [0.25, 0.3) is 0 Å². The van der Waals surface area contributed by atoms with Crippen molar-refractivity contribution in [3.05, 3.63) is 12.7 Å². The highest BCUT2D eigenvalue weighted by Crippen LogP contribution is 2.07. The first-order valence-corrected chi connectivity index (χ1v) is 2.06. The van der Waals surface area contributed by atoms with Crippen LogP contribution in [-0.4, -0.2) is 17.4 Å². The largest absolute Gasteiger partial charge is 0.393 e. The molecule has 1 nitrogen and oxygen atoms in total. The van der Waals surface area contributed by atoms with Gasteiger partial charge in [0.1, 0.15) is 5.67 Å². The van der Waals surface area contributed by atoms with Crippen LogP contribution in [0, 0.1) is 0 Å². The molecule has 7 heavy (non-hydrogen) atoms. The van der Waals surface area contributed by atoms with Gasteiger partial charge in [0.2, 0.25) is 0 Å². The normalized spacial score (nSPS) is 18.1. The minimum Gasteiger partial charge on any atom is -0.393 e. The van der Waals surface area contributed by atoms with Gasteiger partial charge >= 0.3 is 0 Å². The van der Waals surface area contributed by atoms with E-state index in [1.807, 2.05) is 0 Å². The fraction of sp³-hybridized carbons (Fsp3) is 0.600. The van der Waals surface area contributed by atoms with Gasteiger partial charge in [-0.1, -0.05) is 12.7 Å². The topological polar surface area (TPSA) is 20.2 Å². The minimum absolute atomic E-state index is 0.490. The molecule has 0 aliphatic carbocycles. The molecule has 0 fully saturated rings. The summed E-state index contributed by atoms with van der Waals surface area (Å²) in [6, 6.07) is 0. The minimum atomic E-state index is -1.60. The summed E-state index contributed by atoms with van der Waals surface area (Å²) in [7, 11) is 0. The van der Waals surface area contributed by atoms with Gasteiger partial charge in [0.15, 0.2) is 0 Å². The Labute approximate surface area is 42.5 Å². The molecule has 1 unspecified atom stereocenters. The van der Waals surface area contributed by atoms with Gasteiger partial charge < -0.3 is 5.11 Å². The molecular weight excluding hydrogens is 95.1 g/mol. The van der Waals surface area contributed by atoms with Crippen LogP contribution in [-0.2, 0) is 0 Å². The van der Waals surface area contributed by atoms with E-state index in [2.05, 4.69) is 6.58 Å². The van der Waals surface area contributed by atoms with E-state index in [9.17, 15) is 4.39 Å². The smallest absolute Gasteiger partial charge is 0.149 e. The van der Waals surface area contributed by atoms with Crippen molar-refractivity contribution < 1.29 is 9.50 Å². The second-order valence-electron chi connectivity index (χ2n) is 1.64. The number of alkyl halides is 1. The number of halogens is 1. The van der Waals surface area contributed by atoms with Crippen molar-refractivity contribution in [1.29, 1.82) is 0 Å². The third-order valence-electron chi connectivity index (χ3n) is 0.735. The summed E-state index contributed by atoms with van der Waals surface area (Å²) >= 11 is 0. The Bertz CT molecular complexity index is 68.5. The van der Waals surface area contributed by atoms with Gasteiger partial charge in [0.05, 0.1) is 6.61 Å². The first kappa shape index (κ1) is 6.63. The fourth-order valence-corrected chi connectivity index (χ4v) is 0.0645. The van der Waals surface area contributed by atoms with Crippen LogP contribution in [0.4, 0.5) is 4.39 Å². The Hall–Kier alpha value is -0.370. The number of aliphatic hydroxyl groups is 1. The van der Waals surface area contributed by atoms with Crippen LogP contribution in [0.2, 0.25) is 0 Å². The van der Waals surface area contributed by atoms with Crippen molar-refractivity contribution in [2.24, 2.45) is 0 Å². The molecule has 0 aromatic carbocycles. The van der Waals surface area contributed by atoms with Crippen molar-refractivity contribution in [1.82, 2.24) is 0 Å². The molecule has 0 saturated heterocycles. The van der Waals surface area contributed by atoms with Crippen LogP contribution in [0.15, 0.2) is 12.7 Å². The number of hydrogen-bond donors (Lipinski definition) is 1. The molecule has 0 amide bonds. The zero-order valence-corrected chi connectivity index (χ0v) is 4.32. The summed E-state index contributed by atoms with van der Waals surface area (Å²) in [5.74, 6) is 0. The summed E-state index contributed by atoms with van der Waals surface area (Å²) in [4.78, 5) is 0. The average molecular weight is 104 g/mol. The van der Waals surface area contributed by atoms with Crippen molar-refractivity contribution in [2.75, 3.05) is 6.61 Å². The fourth-order valence-electron chi connectivity index (χ4n) is 0.0645. The van der Waals surface area contributed by atoms with Gasteiger partial charge in [-0.2, -0.15) is 0 Å². The van der Waals surface area contributed by atoms with E-state index in [0.717, 1.165) is 6.08 Å². The Morgan fingerprint density at radius 3 is 2.43 bits per heavy atom. The van der Waals surface area contributed by atoms with Gasteiger partial charge in [-0.05, 0) is 6.92 Å². The van der Waals surface area contributed by atoms with Crippen LogP contribution in [0.25, 0.3) is 0 Å². The average Bonchev–Trinajstić information content (AvgIpc) is 1.68. The number of hydrogen-bond acceptors (Lipinski definition) is 1. The molecule has 0 bridgehead atoms. The van der Waals surface area contributed by atoms with Crippen LogP contribution < -0.4 is 0 Å². The van der Waals surface area contributed by atoms with Gasteiger partial charge in [0, 0.05) is 0 Å². The van der Waals surface area contributed by atoms with E-state index < -0.39 is 12.3 Å². The molecule has 0 heterocycles. The van der Waals surface area contributed by atoms with E-state index in [1.54, 1.807) is 0 Å². The number of aliphatic hydroxyl groups excluding tert-OH is 1. The van der Waals surface area contributed by atoms with E-state index in [0.29, 0.717) is 0 Å². The lowest BCUT2D eigenvalue weighted by molar-refractivity contribution is 0.131. The SMILES string of the molecule is C=CC(C)(F)CO.